The van der Waals surface area contributed by atoms with E-state index in [1.54, 1.807) is 0 Å². The molecule has 0 atom stereocenters. The lowest BCUT2D eigenvalue weighted by atomic mass is 10.1. The Morgan fingerprint density at radius 2 is 1.75 bits per heavy atom. The minimum absolute atomic E-state index is 0.0436. The zero-order valence-corrected chi connectivity index (χ0v) is 15.3. The van der Waals surface area contributed by atoms with Crippen molar-refractivity contribution in [3.8, 4) is 16.9 Å². The van der Waals surface area contributed by atoms with E-state index in [-0.39, 0.29) is 12.5 Å². The van der Waals surface area contributed by atoms with Gasteiger partial charge in [0.1, 0.15) is 5.75 Å². The van der Waals surface area contributed by atoms with Crippen LogP contribution in [0.1, 0.15) is 0 Å². The van der Waals surface area contributed by atoms with E-state index in [4.69, 9.17) is 4.74 Å². The molecule has 0 aromatic heterocycles. The molecule has 1 fully saturated rings. The number of hydrogen-bond donors (Lipinski definition) is 0. The number of benzene rings is 2. The second-order valence-electron chi connectivity index (χ2n) is 5.98. The molecule has 2 aromatic carbocycles. The molecule has 5 heteroatoms. The molecule has 0 aliphatic carbocycles. The van der Waals surface area contributed by atoms with Gasteiger partial charge in [0.05, 0.1) is 4.47 Å². The zero-order chi connectivity index (χ0) is 16.9. The first kappa shape index (κ1) is 17.0. The quantitative estimate of drug-likeness (QED) is 0.805. The Morgan fingerprint density at radius 3 is 2.42 bits per heavy atom. The highest BCUT2D eigenvalue weighted by atomic mass is 79.9. The van der Waals surface area contributed by atoms with E-state index in [9.17, 15) is 4.79 Å². The number of rotatable bonds is 4. The molecule has 0 saturated carbocycles. The van der Waals surface area contributed by atoms with Gasteiger partial charge in [-0.05, 0) is 46.2 Å². The number of likely N-dealkylation sites (N-methyl/N-ethyl adjacent to an activating group) is 1. The summed E-state index contributed by atoms with van der Waals surface area (Å²) >= 11 is 3.54. The first-order valence-corrected chi connectivity index (χ1v) is 8.87. The average Bonchev–Trinajstić information content (AvgIpc) is 2.62. The maximum atomic E-state index is 12.2. The van der Waals surface area contributed by atoms with Gasteiger partial charge in [-0.25, -0.2) is 0 Å². The molecule has 126 valence electrons. The summed E-state index contributed by atoms with van der Waals surface area (Å²) in [4.78, 5) is 16.3. The van der Waals surface area contributed by atoms with Gasteiger partial charge in [-0.1, -0.05) is 36.4 Å². The predicted octanol–water partition coefficient (Wildman–Crippen LogP) is 3.27. The molecule has 1 heterocycles. The Labute approximate surface area is 151 Å². The molecule has 4 nitrogen and oxygen atoms in total. The molecule has 2 aromatic rings. The fourth-order valence-corrected chi connectivity index (χ4v) is 3.21. The van der Waals surface area contributed by atoms with Gasteiger partial charge in [0, 0.05) is 26.2 Å². The summed E-state index contributed by atoms with van der Waals surface area (Å²) < 4.78 is 6.57. The second-order valence-corrected chi connectivity index (χ2v) is 6.84. The number of piperazine rings is 1. The van der Waals surface area contributed by atoms with Crippen molar-refractivity contribution in [3.05, 3.63) is 53.0 Å². The van der Waals surface area contributed by atoms with Crippen molar-refractivity contribution in [3.63, 3.8) is 0 Å². The highest BCUT2D eigenvalue weighted by molar-refractivity contribution is 9.10. The van der Waals surface area contributed by atoms with E-state index in [1.807, 2.05) is 41.3 Å². The van der Waals surface area contributed by atoms with Crippen molar-refractivity contribution in [1.29, 1.82) is 0 Å². The monoisotopic (exact) mass is 388 g/mol. The van der Waals surface area contributed by atoms with Gasteiger partial charge in [-0.2, -0.15) is 0 Å². The lowest BCUT2D eigenvalue weighted by molar-refractivity contribution is -0.134. The largest absolute Gasteiger partial charge is 0.483 e. The van der Waals surface area contributed by atoms with Gasteiger partial charge in [-0.15, -0.1) is 0 Å². The fraction of sp³-hybridized carbons (Fsp3) is 0.316. The molecule has 3 rings (SSSR count). The lowest BCUT2D eigenvalue weighted by Gasteiger charge is -2.32. The minimum Gasteiger partial charge on any atom is -0.483 e. The Kier molecular flexibility index (Phi) is 5.53. The van der Waals surface area contributed by atoms with Crippen LogP contribution in [0.15, 0.2) is 53.0 Å². The van der Waals surface area contributed by atoms with E-state index in [1.165, 1.54) is 0 Å². The predicted molar refractivity (Wildman–Crippen MR) is 99.2 cm³/mol. The molecular weight excluding hydrogens is 368 g/mol. The molecule has 1 amide bonds. The number of ether oxygens (including phenoxy) is 1. The summed E-state index contributed by atoms with van der Waals surface area (Å²) in [6, 6.07) is 16.1. The van der Waals surface area contributed by atoms with Crippen molar-refractivity contribution < 1.29 is 9.53 Å². The summed E-state index contributed by atoms with van der Waals surface area (Å²) in [5.74, 6) is 0.735. The van der Waals surface area contributed by atoms with Gasteiger partial charge in [0.2, 0.25) is 0 Å². The topological polar surface area (TPSA) is 32.8 Å². The summed E-state index contributed by atoms with van der Waals surface area (Å²) in [7, 11) is 2.07. The van der Waals surface area contributed by atoms with Crippen molar-refractivity contribution in [2.75, 3.05) is 39.8 Å². The van der Waals surface area contributed by atoms with Crippen LogP contribution in [0.2, 0.25) is 0 Å². The first-order valence-electron chi connectivity index (χ1n) is 8.07. The van der Waals surface area contributed by atoms with E-state index >= 15 is 0 Å². The molecule has 0 radical (unpaired) electrons. The molecule has 0 spiro atoms. The van der Waals surface area contributed by atoms with Crippen LogP contribution < -0.4 is 4.74 Å². The molecule has 0 unspecified atom stereocenters. The summed E-state index contributed by atoms with van der Waals surface area (Å²) in [5.41, 5.74) is 2.26. The van der Waals surface area contributed by atoms with Crippen molar-refractivity contribution in [2.24, 2.45) is 0 Å². The summed E-state index contributed by atoms with van der Waals surface area (Å²) in [6.45, 7) is 3.45. The first-order chi connectivity index (χ1) is 11.6. The van der Waals surface area contributed by atoms with Gasteiger partial charge < -0.3 is 14.5 Å². The van der Waals surface area contributed by atoms with Crippen LogP contribution in [0, 0.1) is 0 Å². The maximum absolute atomic E-state index is 12.2. The van der Waals surface area contributed by atoms with Crippen LogP contribution in [0.3, 0.4) is 0 Å². The van der Waals surface area contributed by atoms with Gasteiger partial charge >= 0.3 is 0 Å². The van der Waals surface area contributed by atoms with Gasteiger partial charge in [0.25, 0.3) is 5.91 Å². The molecule has 1 aliphatic heterocycles. The lowest BCUT2D eigenvalue weighted by Crippen LogP contribution is -2.48. The van der Waals surface area contributed by atoms with E-state index in [0.29, 0.717) is 5.75 Å². The minimum atomic E-state index is 0.0436. The molecule has 1 aliphatic rings. The Morgan fingerprint density at radius 1 is 1.04 bits per heavy atom. The third-order valence-corrected chi connectivity index (χ3v) is 4.87. The van der Waals surface area contributed by atoms with E-state index < -0.39 is 0 Å². The van der Waals surface area contributed by atoms with E-state index in [0.717, 1.165) is 41.8 Å². The van der Waals surface area contributed by atoms with Crippen molar-refractivity contribution in [1.82, 2.24) is 9.80 Å². The number of carbonyl (C=O) groups excluding carboxylic acids is 1. The molecular formula is C19H21BrN2O2. The SMILES string of the molecule is CN1CCN(C(=O)COc2ccc(-c3ccccc3)cc2Br)CC1. The molecule has 0 bridgehead atoms. The fourth-order valence-electron chi connectivity index (χ4n) is 2.71. The Balaban J connectivity index is 1.60. The van der Waals surface area contributed by atoms with Crippen LogP contribution in [-0.2, 0) is 4.79 Å². The number of halogens is 1. The highest BCUT2D eigenvalue weighted by Crippen LogP contribution is 2.30. The zero-order valence-electron chi connectivity index (χ0n) is 13.7. The number of nitrogens with zero attached hydrogens (tertiary/aromatic N) is 2. The van der Waals surface area contributed by atoms with Gasteiger partial charge in [-0.3, -0.25) is 4.79 Å². The Hall–Kier alpha value is -1.85. The molecule has 1 saturated heterocycles. The molecule has 0 N–H and O–H groups in total. The normalized spacial score (nSPS) is 15.3. The second kappa shape index (κ2) is 7.81. The van der Waals surface area contributed by atoms with Gasteiger partial charge in [0.15, 0.2) is 6.61 Å². The highest BCUT2D eigenvalue weighted by Gasteiger charge is 2.19. The van der Waals surface area contributed by atoms with Crippen LogP contribution in [0.25, 0.3) is 11.1 Å². The molecule has 24 heavy (non-hydrogen) atoms. The summed E-state index contributed by atoms with van der Waals surface area (Å²) in [5, 5.41) is 0. The van der Waals surface area contributed by atoms with Crippen LogP contribution in [0.4, 0.5) is 0 Å². The van der Waals surface area contributed by atoms with Crippen molar-refractivity contribution in [2.45, 2.75) is 0 Å². The maximum Gasteiger partial charge on any atom is 0.260 e. The van der Waals surface area contributed by atoms with E-state index in [2.05, 4.69) is 40.0 Å². The van der Waals surface area contributed by atoms with Crippen LogP contribution in [-0.4, -0.2) is 55.5 Å². The third-order valence-electron chi connectivity index (χ3n) is 4.25. The van der Waals surface area contributed by atoms with Crippen LogP contribution in [0.5, 0.6) is 5.75 Å². The number of carbonyl (C=O) groups is 1. The standard InChI is InChI=1S/C19H21BrN2O2/c1-21-9-11-22(12-10-21)19(23)14-24-18-8-7-16(13-17(18)20)15-5-3-2-4-6-15/h2-8,13H,9-12,14H2,1H3. The average molecular weight is 389 g/mol. The smallest absolute Gasteiger partial charge is 0.260 e. The van der Waals surface area contributed by atoms with Crippen molar-refractivity contribution >= 4 is 21.8 Å². The Bertz CT molecular complexity index is 698. The third kappa shape index (κ3) is 4.16. The van der Waals surface area contributed by atoms with Crippen LogP contribution >= 0.6 is 15.9 Å². The number of amides is 1. The number of hydrogen-bond acceptors (Lipinski definition) is 3. The summed E-state index contributed by atoms with van der Waals surface area (Å²) in [6.07, 6.45) is 0.